The molecule has 0 saturated carbocycles. The Morgan fingerprint density at radius 2 is 1.85 bits per heavy atom. The van der Waals surface area contributed by atoms with Crippen molar-refractivity contribution in [3.63, 3.8) is 0 Å². The molecular weight excluding hydrogens is 250 g/mol. The van der Waals surface area contributed by atoms with Gasteiger partial charge in [0.15, 0.2) is 0 Å². The second-order valence-corrected chi connectivity index (χ2v) is 6.95. The van der Waals surface area contributed by atoms with E-state index in [9.17, 15) is 0 Å². The molecule has 118 valence electrons. The Morgan fingerprint density at radius 1 is 1.15 bits per heavy atom. The van der Waals surface area contributed by atoms with Gasteiger partial charge in [-0.1, -0.05) is 13.8 Å². The third-order valence-corrected chi connectivity index (χ3v) is 4.82. The van der Waals surface area contributed by atoms with Gasteiger partial charge in [-0.2, -0.15) is 0 Å². The lowest BCUT2D eigenvalue weighted by Gasteiger charge is -2.40. The van der Waals surface area contributed by atoms with Crippen molar-refractivity contribution < 1.29 is 4.74 Å². The first-order chi connectivity index (χ1) is 9.56. The third kappa shape index (κ3) is 4.69. The van der Waals surface area contributed by atoms with Gasteiger partial charge in [-0.15, -0.1) is 0 Å². The second kappa shape index (κ2) is 7.74. The van der Waals surface area contributed by atoms with Crippen LogP contribution in [0.15, 0.2) is 0 Å². The van der Waals surface area contributed by atoms with E-state index in [-0.39, 0.29) is 0 Å². The number of likely N-dealkylation sites (N-methyl/N-ethyl adjacent to an activating group) is 1. The molecule has 2 heterocycles. The Labute approximate surface area is 124 Å². The molecule has 0 aromatic rings. The van der Waals surface area contributed by atoms with Gasteiger partial charge in [0, 0.05) is 45.3 Å². The van der Waals surface area contributed by atoms with E-state index in [2.05, 4.69) is 42.9 Å². The molecular formula is C16H33N3O. The van der Waals surface area contributed by atoms with E-state index >= 15 is 0 Å². The molecule has 2 saturated heterocycles. The number of nitrogens with one attached hydrogen (secondary N) is 1. The monoisotopic (exact) mass is 283 g/mol. The summed E-state index contributed by atoms with van der Waals surface area (Å²) < 4.78 is 5.88. The highest BCUT2D eigenvalue weighted by Gasteiger charge is 2.26. The van der Waals surface area contributed by atoms with Crippen LogP contribution in [0, 0.1) is 5.92 Å². The molecule has 2 aliphatic rings. The Balaban J connectivity index is 1.72. The molecule has 1 N–H and O–H groups in total. The summed E-state index contributed by atoms with van der Waals surface area (Å²) in [7, 11) is 2.22. The van der Waals surface area contributed by atoms with E-state index in [0.717, 1.165) is 13.1 Å². The summed E-state index contributed by atoms with van der Waals surface area (Å²) in [5.41, 5.74) is 0. The van der Waals surface area contributed by atoms with Gasteiger partial charge in [0.1, 0.15) is 0 Å². The van der Waals surface area contributed by atoms with Crippen molar-refractivity contribution in [1.29, 1.82) is 0 Å². The number of hydrogen-bond donors (Lipinski definition) is 1. The molecule has 2 rings (SSSR count). The molecule has 0 amide bonds. The van der Waals surface area contributed by atoms with Gasteiger partial charge in [0.25, 0.3) is 0 Å². The predicted molar refractivity (Wildman–Crippen MR) is 84.1 cm³/mol. The topological polar surface area (TPSA) is 27.7 Å². The maximum atomic E-state index is 5.88. The molecule has 4 nitrogen and oxygen atoms in total. The molecule has 0 aromatic heterocycles. The smallest absolute Gasteiger partial charge is 0.0704 e. The van der Waals surface area contributed by atoms with E-state index < -0.39 is 0 Å². The lowest BCUT2D eigenvalue weighted by molar-refractivity contribution is 0.0508. The second-order valence-electron chi connectivity index (χ2n) is 6.95. The maximum absolute atomic E-state index is 5.88. The van der Waals surface area contributed by atoms with Gasteiger partial charge < -0.3 is 15.0 Å². The highest BCUT2D eigenvalue weighted by molar-refractivity contribution is 4.82. The van der Waals surface area contributed by atoms with E-state index in [1.165, 1.54) is 39.0 Å². The van der Waals surface area contributed by atoms with Crippen LogP contribution in [0.4, 0.5) is 0 Å². The number of hydrogen-bond acceptors (Lipinski definition) is 4. The van der Waals surface area contributed by atoms with Crippen LogP contribution < -0.4 is 5.32 Å². The van der Waals surface area contributed by atoms with Gasteiger partial charge in [0.2, 0.25) is 0 Å². The predicted octanol–water partition coefficient (Wildman–Crippen LogP) is 1.42. The molecule has 3 atom stereocenters. The van der Waals surface area contributed by atoms with E-state index in [1.54, 1.807) is 0 Å². The molecule has 2 fully saturated rings. The number of nitrogens with zero attached hydrogens (tertiary/aromatic N) is 2. The zero-order valence-corrected chi connectivity index (χ0v) is 13.8. The fourth-order valence-electron chi connectivity index (χ4n) is 3.37. The van der Waals surface area contributed by atoms with Gasteiger partial charge in [-0.25, -0.2) is 0 Å². The van der Waals surface area contributed by atoms with Crippen molar-refractivity contribution in [2.45, 2.75) is 51.9 Å². The van der Waals surface area contributed by atoms with E-state index in [4.69, 9.17) is 4.74 Å². The average Bonchev–Trinajstić information content (AvgIpc) is 2.81. The zero-order valence-electron chi connectivity index (χ0n) is 13.8. The van der Waals surface area contributed by atoms with Crippen molar-refractivity contribution in [3.05, 3.63) is 0 Å². The highest BCUT2D eigenvalue weighted by Crippen LogP contribution is 2.18. The first-order valence-electron chi connectivity index (χ1n) is 8.35. The number of piperazine rings is 1. The SMILES string of the molecule is CC1CCC(CNCC(C(C)C)N2CCN(C)CC2)O1. The van der Waals surface area contributed by atoms with Crippen LogP contribution in [0.3, 0.4) is 0 Å². The van der Waals surface area contributed by atoms with Gasteiger partial charge in [0.05, 0.1) is 12.2 Å². The first kappa shape index (κ1) is 16.2. The van der Waals surface area contributed by atoms with Crippen LogP contribution in [0.1, 0.15) is 33.6 Å². The zero-order chi connectivity index (χ0) is 14.5. The van der Waals surface area contributed by atoms with Crippen LogP contribution >= 0.6 is 0 Å². The maximum Gasteiger partial charge on any atom is 0.0704 e. The molecule has 0 spiro atoms. The van der Waals surface area contributed by atoms with Crippen molar-refractivity contribution in [3.8, 4) is 0 Å². The normalized spacial score (nSPS) is 31.1. The summed E-state index contributed by atoms with van der Waals surface area (Å²) in [5.74, 6) is 0.703. The molecule has 0 radical (unpaired) electrons. The van der Waals surface area contributed by atoms with Crippen molar-refractivity contribution in [1.82, 2.24) is 15.1 Å². The Morgan fingerprint density at radius 3 is 2.40 bits per heavy atom. The minimum atomic E-state index is 0.435. The standard InChI is InChI=1S/C16H33N3O/c1-13(2)16(19-9-7-18(4)8-10-19)12-17-11-15-6-5-14(3)20-15/h13-17H,5-12H2,1-4H3. The van der Waals surface area contributed by atoms with Gasteiger partial charge in [-0.3, -0.25) is 4.90 Å². The fourth-order valence-corrected chi connectivity index (χ4v) is 3.37. The minimum absolute atomic E-state index is 0.435. The molecule has 4 heteroatoms. The molecule has 3 unspecified atom stereocenters. The Kier molecular flexibility index (Phi) is 6.27. The summed E-state index contributed by atoms with van der Waals surface area (Å²) >= 11 is 0. The summed E-state index contributed by atoms with van der Waals surface area (Å²) in [6, 6.07) is 0.655. The minimum Gasteiger partial charge on any atom is -0.374 e. The van der Waals surface area contributed by atoms with Crippen molar-refractivity contribution in [2.24, 2.45) is 5.92 Å². The van der Waals surface area contributed by atoms with Gasteiger partial charge in [-0.05, 0) is 32.7 Å². The quantitative estimate of drug-likeness (QED) is 0.798. The van der Waals surface area contributed by atoms with E-state index in [0.29, 0.717) is 24.2 Å². The van der Waals surface area contributed by atoms with Crippen molar-refractivity contribution >= 4 is 0 Å². The molecule has 2 aliphatic heterocycles. The number of rotatable bonds is 6. The van der Waals surface area contributed by atoms with Crippen LogP contribution in [0.5, 0.6) is 0 Å². The molecule has 0 bridgehead atoms. The van der Waals surface area contributed by atoms with Crippen LogP contribution in [0.25, 0.3) is 0 Å². The third-order valence-electron chi connectivity index (χ3n) is 4.82. The fraction of sp³-hybridized carbons (Fsp3) is 1.00. The lowest BCUT2D eigenvalue weighted by Crippen LogP contribution is -2.54. The Bertz CT molecular complexity index is 277. The lowest BCUT2D eigenvalue weighted by atomic mass is 10.0. The molecule has 20 heavy (non-hydrogen) atoms. The van der Waals surface area contributed by atoms with Crippen LogP contribution in [-0.2, 0) is 4.74 Å². The van der Waals surface area contributed by atoms with Crippen LogP contribution in [0.2, 0.25) is 0 Å². The molecule has 0 aliphatic carbocycles. The highest BCUT2D eigenvalue weighted by atomic mass is 16.5. The van der Waals surface area contributed by atoms with Gasteiger partial charge >= 0.3 is 0 Å². The van der Waals surface area contributed by atoms with Crippen molar-refractivity contribution in [2.75, 3.05) is 46.3 Å². The summed E-state index contributed by atoms with van der Waals surface area (Å²) in [6.45, 7) is 13.8. The first-order valence-corrected chi connectivity index (χ1v) is 8.35. The summed E-state index contributed by atoms with van der Waals surface area (Å²) in [5, 5.41) is 3.66. The largest absolute Gasteiger partial charge is 0.374 e. The van der Waals surface area contributed by atoms with E-state index in [1.807, 2.05) is 0 Å². The number of ether oxygens (including phenoxy) is 1. The summed E-state index contributed by atoms with van der Waals surface area (Å²) in [6.07, 6.45) is 3.33. The summed E-state index contributed by atoms with van der Waals surface area (Å²) in [4.78, 5) is 5.09. The molecule has 0 aromatic carbocycles. The Hall–Kier alpha value is -0.160. The van der Waals surface area contributed by atoms with Crippen LogP contribution in [-0.4, -0.2) is 74.4 Å². The average molecular weight is 283 g/mol.